The predicted molar refractivity (Wildman–Crippen MR) is 77.6 cm³/mol. The van der Waals surface area contributed by atoms with Gasteiger partial charge < -0.3 is 16.2 Å². The maximum Gasteiger partial charge on any atom is 0.220 e. The number of rotatable bonds is 7. The number of nitrogens with one attached hydrogen (secondary N) is 1. The maximum atomic E-state index is 11.9. The van der Waals surface area contributed by atoms with E-state index in [1.165, 1.54) is 0 Å². The Bertz CT molecular complexity index is 269. The summed E-state index contributed by atoms with van der Waals surface area (Å²) in [5, 5.41) is 12.8. The van der Waals surface area contributed by atoms with Crippen molar-refractivity contribution >= 4 is 5.91 Å². The summed E-state index contributed by atoms with van der Waals surface area (Å²) in [5.74, 6) is 1.16. The SMILES string of the molecule is CC(C)C(CCN)CCC(=O)NC1CCCCC1O. The van der Waals surface area contributed by atoms with Gasteiger partial charge in [-0.1, -0.05) is 26.7 Å². The molecule has 0 aromatic rings. The molecular formula is C15H30N2O2. The highest BCUT2D eigenvalue weighted by molar-refractivity contribution is 5.76. The highest BCUT2D eigenvalue weighted by atomic mass is 16.3. The van der Waals surface area contributed by atoms with Gasteiger partial charge in [-0.3, -0.25) is 4.79 Å². The summed E-state index contributed by atoms with van der Waals surface area (Å²) in [6.45, 7) is 5.05. The molecule has 1 saturated carbocycles. The van der Waals surface area contributed by atoms with Crippen LogP contribution in [-0.2, 0) is 4.79 Å². The molecule has 0 radical (unpaired) electrons. The Morgan fingerprint density at radius 3 is 2.58 bits per heavy atom. The van der Waals surface area contributed by atoms with Gasteiger partial charge in [0.05, 0.1) is 12.1 Å². The molecule has 3 unspecified atom stereocenters. The third kappa shape index (κ3) is 5.91. The molecule has 1 aliphatic carbocycles. The van der Waals surface area contributed by atoms with E-state index in [4.69, 9.17) is 5.73 Å². The molecule has 112 valence electrons. The van der Waals surface area contributed by atoms with Gasteiger partial charge in [0.1, 0.15) is 0 Å². The standard InChI is InChI=1S/C15H30N2O2/c1-11(2)12(9-10-16)7-8-15(19)17-13-5-3-4-6-14(13)18/h11-14,18H,3-10,16H2,1-2H3,(H,17,19). The Morgan fingerprint density at radius 2 is 2.00 bits per heavy atom. The van der Waals surface area contributed by atoms with E-state index in [1.54, 1.807) is 0 Å². The zero-order valence-corrected chi connectivity index (χ0v) is 12.4. The van der Waals surface area contributed by atoms with E-state index in [9.17, 15) is 9.90 Å². The van der Waals surface area contributed by atoms with Crippen molar-refractivity contribution in [3.63, 3.8) is 0 Å². The van der Waals surface area contributed by atoms with Crippen molar-refractivity contribution in [2.75, 3.05) is 6.54 Å². The lowest BCUT2D eigenvalue weighted by molar-refractivity contribution is -0.123. The monoisotopic (exact) mass is 270 g/mol. The molecule has 0 aromatic heterocycles. The molecule has 0 spiro atoms. The van der Waals surface area contributed by atoms with Crippen LogP contribution in [0.5, 0.6) is 0 Å². The molecule has 0 aromatic carbocycles. The molecule has 4 N–H and O–H groups in total. The second-order valence-corrected chi connectivity index (χ2v) is 6.15. The summed E-state index contributed by atoms with van der Waals surface area (Å²) in [4.78, 5) is 11.9. The summed E-state index contributed by atoms with van der Waals surface area (Å²) >= 11 is 0. The Labute approximate surface area is 117 Å². The van der Waals surface area contributed by atoms with Crippen LogP contribution in [0.25, 0.3) is 0 Å². The van der Waals surface area contributed by atoms with Crippen LogP contribution in [0, 0.1) is 11.8 Å². The zero-order chi connectivity index (χ0) is 14.3. The van der Waals surface area contributed by atoms with Gasteiger partial charge in [0.25, 0.3) is 0 Å². The number of aliphatic hydroxyl groups is 1. The Hall–Kier alpha value is -0.610. The fraction of sp³-hybridized carbons (Fsp3) is 0.933. The number of aliphatic hydroxyl groups excluding tert-OH is 1. The fourth-order valence-corrected chi connectivity index (χ4v) is 2.90. The van der Waals surface area contributed by atoms with Crippen molar-refractivity contribution < 1.29 is 9.90 Å². The molecule has 3 atom stereocenters. The second-order valence-electron chi connectivity index (χ2n) is 6.15. The van der Waals surface area contributed by atoms with E-state index < -0.39 is 0 Å². The largest absolute Gasteiger partial charge is 0.391 e. The summed E-state index contributed by atoms with van der Waals surface area (Å²) in [6, 6.07) is -0.0340. The molecule has 19 heavy (non-hydrogen) atoms. The lowest BCUT2D eigenvalue weighted by Gasteiger charge is -2.28. The van der Waals surface area contributed by atoms with Crippen molar-refractivity contribution in [3.8, 4) is 0 Å². The van der Waals surface area contributed by atoms with Crippen LogP contribution in [0.2, 0.25) is 0 Å². The van der Waals surface area contributed by atoms with Crippen LogP contribution in [-0.4, -0.2) is 29.7 Å². The van der Waals surface area contributed by atoms with Crippen molar-refractivity contribution in [1.82, 2.24) is 5.32 Å². The highest BCUT2D eigenvalue weighted by Crippen LogP contribution is 2.21. The molecule has 0 aliphatic heterocycles. The molecule has 4 nitrogen and oxygen atoms in total. The number of hydrogen-bond donors (Lipinski definition) is 3. The van der Waals surface area contributed by atoms with Gasteiger partial charge in [-0.15, -0.1) is 0 Å². The highest BCUT2D eigenvalue weighted by Gasteiger charge is 2.24. The van der Waals surface area contributed by atoms with Gasteiger partial charge in [-0.25, -0.2) is 0 Å². The molecule has 1 fully saturated rings. The van der Waals surface area contributed by atoms with E-state index in [1.807, 2.05) is 0 Å². The van der Waals surface area contributed by atoms with E-state index in [-0.39, 0.29) is 18.1 Å². The lowest BCUT2D eigenvalue weighted by atomic mass is 9.88. The van der Waals surface area contributed by atoms with Crippen LogP contribution >= 0.6 is 0 Å². The molecular weight excluding hydrogens is 240 g/mol. The molecule has 1 aliphatic rings. The summed E-state index contributed by atoms with van der Waals surface area (Å²) in [5.41, 5.74) is 5.61. The molecule has 0 bridgehead atoms. The van der Waals surface area contributed by atoms with Crippen LogP contribution in [0.1, 0.15) is 58.8 Å². The average molecular weight is 270 g/mol. The molecule has 1 amide bonds. The number of nitrogens with two attached hydrogens (primary N) is 1. The van der Waals surface area contributed by atoms with Crippen LogP contribution in [0.3, 0.4) is 0 Å². The lowest BCUT2D eigenvalue weighted by Crippen LogP contribution is -2.45. The van der Waals surface area contributed by atoms with Crippen molar-refractivity contribution in [3.05, 3.63) is 0 Å². The predicted octanol–water partition coefficient (Wildman–Crippen LogP) is 1.81. The van der Waals surface area contributed by atoms with Crippen LogP contribution < -0.4 is 11.1 Å². The minimum atomic E-state index is -0.359. The third-order valence-corrected chi connectivity index (χ3v) is 4.30. The van der Waals surface area contributed by atoms with Crippen molar-refractivity contribution in [1.29, 1.82) is 0 Å². The van der Waals surface area contributed by atoms with Crippen LogP contribution in [0.4, 0.5) is 0 Å². The Morgan fingerprint density at radius 1 is 1.32 bits per heavy atom. The number of amides is 1. The second kappa shape index (κ2) is 8.54. The normalized spacial score (nSPS) is 25.3. The number of carbonyl (C=O) groups excluding carboxylic acids is 1. The van der Waals surface area contributed by atoms with E-state index in [2.05, 4.69) is 19.2 Å². The van der Waals surface area contributed by atoms with Gasteiger partial charge in [0.15, 0.2) is 0 Å². The average Bonchev–Trinajstić information content (AvgIpc) is 2.37. The van der Waals surface area contributed by atoms with Gasteiger partial charge in [0.2, 0.25) is 5.91 Å². The summed E-state index contributed by atoms with van der Waals surface area (Å²) in [6.07, 6.45) is 5.95. The molecule has 4 heteroatoms. The maximum absolute atomic E-state index is 11.9. The van der Waals surface area contributed by atoms with Gasteiger partial charge in [-0.05, 0) is 44.1 Å². The number of carbonyl (C=O) groups is 1. The first-order chi connectivity index (χ1) is 9.04. The van der Waals surface area contributed by atoms with Crippen LogP contribution in [0.15, 0.2) is 0 Å². The van der Waals surface area contributed by atoms with Gasteiger partial charge >= 0.3 is 0 Å². The number of hydrogen-bond acceptors (Lipinski definition) is 3. The Balaban J connectivity index is 2.29. The topological polar surface area (TPSA) is 75.4 Å². The van der Waals surface area contributed by atoms with E-state index in [0.29, 0.717) is 24.8 Å². The third-order valence-electron chi connectivity index (χ3n) is 4.30. The van der Waals surface area contributed by atoms with Crippen molar-refractivity contribution in [2.24, 2.45) is 17.6 Å². The van der Waals surface area contributed by atoms with E-state index in [0.717, 1.165) is 38.5 Å². The van der Waals surface area contributed by atoms with E-state index >= 15 is 0 Å². The van der Waals surface area contributed by atoms with Gasteiger partial charge in [-0.2, -0.15) is 0 Å². The fourth-order valence-electron chi connectivity index (χ4n) is 2.90. The summed E-state index contributed by atoms with van der Waals surface area (Å²) < 4.78 is 0. The quantitative estimate of drug-likeness (QED) is 0.660. The first-order valence-electron chi connectivity index (χ1n) is 7.72. The zero-order valence-electron chi connectivity index (χ0n) is 12.4. The minimum absolute atomic E-state index is 0.0340. The minimum Gasteiger partial charge on any atom is -0.391 e. The van der Waals surface area contributed by atoms with Crippen molar-refractivity contribution in [2.45, 2.75) is 70.9 Å². The molecule has 0 heterocycles. The Kier molecular flexibility index (Phi) is 7.39. The first kappa shape index (κ1) is 16.4. The molecule has 0 saturated heterocycles. The molecule has 1 rings (SSSR count). The summed E-state index contributed by atoms with van der Waals surface area (Å²) in [7, 11) is 0. The van der Waals surface area contributed by atoms with Gasteiger partial charge in [0, 0.05) is 6.42 Å². The first-order valence-corrected chi connectivity index (χ1v) is 7.72. The smallest absolute Gasteiger partial charge is 0.220 e.